The Kier molecular flexibility index (Phi) is 3.83. The molecule has 20 heavy (non-hydrogen) atoms. The number of likely N-dealkylation sites (N-methyl/N-ethyl adjacent to an activating group) is 1. The Morgan fingerprint density at radius 3 is 2.95 bits per heavy atom. The Balaban J connectivity index is 1.61. The molecule has 5 nitrogen and oxygen atoms in total. The molecule has 2 aliphatic rings. The number of aliphatic hydroxyl groups is 1. The Hall–Kier alpha value is -1.30. The Labute approximate surface area is 119 Å². The summed E-state index contributed by atoms with van der Waals surface area (Å²) in [5.74, 6) is 1.80. The molecule has 1 unspecified atom stereocenters. The fourth-order valence-electron chi connectivity index (χ4n) is 2.93. The van der Waals surface area contributed by atoms with Gasteiger partial charge < -0.3 is 19.3 Å². The van der Waals surface area contributed by atoms with Gasteiger partial charge in [0.25, 0.3) is 0 Å². The molecule has 1 aromatic carbocycles. The van der Waals surface area contributed by atoms with Crippen molar-refractivity contribution in [2.75, 3.05) is 33.9 Å². The lowest BCUT2D eigenvalue weighted by atomic mass is 10.1. The summed E-state index contributed by atoms with van der Waals surface area (Å²) in [5, 5.41) is 9.85. The molecule has 0 aromatic heterocycles. The van der Waals surface area contributed by atoms with Gasteiger partial charge in [0, 0.05) is 18.5 Å². The molecule has 110 valence electrons. The van der Waals surface area contributed by atoms with Crippen molar-refractivity contribution < 1.29 is 19.3 Å². The van der Waals surface area contributed by atoms with Crippen LogP contribution in [-0.2, 0) is 11.2 Å². The topological polar surface area (TPSA) is 51.2 Å². The number of aliphatic hydroxyl groups excluding tert-OH is 1. The first-order valence-corrected chi connectivity index (χ1v) is 6.97. The average molecular weight is 279 g/mol. The molecule has 3 rings (SSSR count). The predicted molar refractivity (Wildman–Crippen MR) is 74.4 cm³/mol. The minimum atomic E-state index is -0.399. The summed E-state index contributed by atoms with van der Waals surface area (Å²) in [4.78, 5) is 2.13. The summed E-state index contributed by atoms with van der Waals surface area (Å²) < 4.78 is 16.5. The van der Waals surface area contributed by atoms with E-state index in [1.807, 2.05) is 25.2 Å². The van der Waals surface area contributed by atoms with Crippen molar-refractivity contribution in [3.63, 3.8) is 0 Å². The van der Waals surface area contributed by atoms with E-state index in [9.17, 15) is 5.11 Å². The zero-order valence-corrected chi connectivity index (χ0v) is 11.9. The first kappa shape index (κ1) is 13.7. The van der Waals surface area contributed by atoms with Crippen LogP contribution in [0.5, 0.6) is 11.5 Å². The van der Waals surface area contributed by atoms with E-state index in [0.717, 1.165) is 24.5 Å². The van der Waals surface area contributed by atoms with E-state index in [1.165, 1.54) is 5.56 Å². The lowest BCUT2D eigenvalue weighted by Crippen LogP contribution is -2.44. The van der Waals surface area contributed by atoms with E-state index in [0.29, 0.717) is 13.2 Å². The molecule has 0 saturated carbocycles. The third kappa shape index (κ3) is 2.61. The molecule has 0 aliphatic carbocycles. The fraction of sp³-hybridized carbons (Fsp3) is 0.600. The van der Waals surface area contributed by atoms with Gasteiger partial charge in [-0.3, -0.25) is 4.90 Å². The largest absolute Gasteiger partial charge is 0.497 e. The van der Waals surface area contributed by atoms with Crippen molar-refractivity contribution in [2.24, 2.45) is 0 Å². The molecule has 1 fully saturated rings. The number of fused-ring (bicyclic) bond motifs is 1. The number of hydrogen-bond acceptors (Lipinski definition) is 5. The average Bonchev–Trinajstić information content (AvgIpc) is 3.03. The second kappa shape index (κ2) is 5.60. The predicted octanol–water partition coefficient (Wildman–Crippen LogP) is 0.690. The van der Waals surface area contributed by atoms with E-state index >= 15 is 0 Å². The van der Waals surface area contributed by atoms with E-state index < -0.39 is 6.10 Å². The van der Waals surface area contributed by atoms with Gasteiger partial charge in [-0.15, -0.1) is 0 Å². The van der Waals surface area contributed by atoms with Crippen LogP contribution < -0.4 is 9.47 Å². The molecule has 1 saturated heterocycles. The smallest absolute Gasteiger partial charge is 0.123 e. The van der Waals surface area contributed by atoms with E-state index in [2.05, 4.69) is 4.90 Å². The van der Waals surface area contributed by atoms with Gasteiger partial charge in [0.2, 0.25) is 0 Å². The highest BCUT2D eigenvalue weighted by atomic mass is 16.5. The lowest BCUT2D eigenvalue weighted by Gasteiger charge is -2.27. The van der Waals surface area contributed by atoms with Crippen LogP contribution >= 0.6 is 0 Å². The zero-order valence-electron chi connectivity index (χ0n) is 11.9. The van der Waals surface area contributed by atoms with Crippen molar-refractivity contribution in [3.8, 4) is 11.5 Å². The molecule has 0 bridgehead atoms. The maximum atomic E-state index is 9.85. The summed E-state index contributed by atoms with van der Waals surface area (Å²) in [6.07, 6.45) is 0.597. The summed E-state index contributed by atoms with van der Waals surface area (Å²) in [6.45, 7) is 1.80. The second-order valence-electron chi connectivity index (χ2n) is 5.53. The van der Waals surface area contributed by atoms with E-state index in [1.54, 1.807) is 7.11 Å². The van der Waals surface area contributed by atoms with Crippen LogP contribution in [0.3, 0.4) is 0 Å². The van der Waals surface area contributed by atoms with Gasteiger partial charge >= 0.3 is 0 Å². The Morgan fingerprint density at radius 2 is 2.25 bits per heavy atom. The number of nitrogens with zero attached hydrogens (tertiary/aromatic N) is 1. The third-order valence-corrected chi connectivity index (χ3v) is 4.09. The molecule has 5 heteroatoms. The van der Waals surface area contributed by atoms with Crippen LogP contribution in [0.1, 0.15) is 5.56 Å². The summed E-state index contributed by atoms with van der Waals surface area (Å²) >= 11 is 0. The van der Waals surface area contributed by atoms with Crippen molar-refractivity contribution in [3.05, 3.63) is 23.8 Å². The molecular weight excluding hydrogens is 258 g/mol. The molecule has 3 atom stereocenters. The highest BCUT2D eigenvalue weighted by Gasteiger charge is 2.32. The molecule has 1 N–H and O–H groups in total. The summed E-state index contributed by atoms with van der Waals surface area (Å²) in [6, 6.07) is 5.97. The third-order valence-electron chi connectivity index (χ3n) is 4.09. The number of ether oxygens (including phenoxy) is 3. The summed E-state index contributed by atoms with van der Waals surface area (Å²) in [5.41, 5.74) is 1.19. The van der Waals surface area contributed by atoms with Gasteiger partial charge in [-0.2, -0.15) is 0 Å². The Morgan fingerprint density at radius 1 is 1.40 bits per heavy atom. The van der Waals surface area contributed by atoms with Crippen LogP contribution in [0.25, 0.3) is 0 Å². The van der Waals surface area contributed by atoms with Crippen LogP contribution in [0.2, 0.25) is 0 Å². The molecular formula is C15H21NO4. The second-order valence-corrected chi connectivity index (χ2v) is 5.53. The maximum Gasteiger partial charge on any atom is 0.123 e. The van der Waals surface area contributed by atoms with Gasteiger partial charge in [0.1, 0.15) is 17.6 Å². The van der Waals surface area contributed by atoms with Crippen LogP contribution in [0, 0.1) is 0 Å². The number of rotatable bonds is 4. The van der Waals surface area contributed by atoms with E-state index in [4.69, 9.17) is 14.2 Å². The normalized spacial score (nSPS) is 28.5. The van der Waals surface area contributed by atoms with Crippen molar-refractivity contribution in [1.29, 1.82) is 0 Å². The van der Waals surface area contributed by atoms with Gasteiger partial charge in [0.05, 0.1) is 32.5 Å². The monoisotopic (exact) mass is 279 g/mol. The maximum absolute atomic E-state index is 9.85. The molecule has 1 aromatic rings. The molecule has 2 aliphatic heterocycles. The first-order valence-electron chi connectivity index (χ1n) is 6.97. The summed E-state index contributed by atoms with van der Waals surface area (Å²) in [7, 11) is 3.68. The zero-order chi connectivity index (χ0) is 14.1. The van der Waals surface area contributed by atoms with Gasteiger partial charge in [-0.25, -0.2) is 0 Å². The van der Waals surface area contributed by atoms with Gasteiger partial charge in [-0.1, -0.05) is 0 Å². The highest BCUT2D eigenvalue weighted by Crippen LogP contribution is 2.32. The van der Waals surface area contributed by atoms with Crippen molar-refractivity contribution in [1.82, 2.24) is 4.90 Å². The number of hydrogen-bond donors (Lipinski definition) is 1. The first-order chi connectivity index (χ1) is 9.67. The lowest BCUT2D eigenvalue weighted by molar-refractivity contribution is 0.0735. The molecule has 2 heterocycles. The van der Waals surface area contributed by atoms with Crippen LogP contribution in [0.15, 0.2) is 18.2 Å². The number of benzene rings is 1. The molecule has 0 radical (unpaired) electrons. The quantitative estimate of drug-likeness (QED) is 0.879. The van der Waals surface area contributed by atoms with Crippen LogP contribution in [-0.4, -0.2) is 62.2 Å². The Bertz CT molecular complexity index is 479. The van der Waals surface area contributed by atoms with Gasteiger partial charge in [0.15, 0.2) is 0 Å². The molecule has 0 spiro atoms. The SMILES string of the molecule is COc1ccc2c(c1)CC(CN(C)[C@@H]1COC[C@H]1O)O2. The van der Waals surface area contributed by atoms with Crippen LogP contribution in [0.4, 0.5) is 0 Å². The number of methoxy groups -OCH3 is 1. The standard InChI is InChI=1S/C15H21NO4/c1-16(13-8-19-9-14(13)17)7-12-6-10-5-11(18-2)3-4-15(10)20-12/h3-5,12-14,17H,6-9H2,1-2H3/t12?,13-,14-/m1/s1. The van der Waals surface area contributed by atoms with Crippen molar-refractivity contribution in [2.45, 2.75) is 24.7 Å². The fourth-order valence-corrected chi connectivity index (χ4v) is 2.93. The minimum absolute atomic E-state index is 0.0665. The van der Waals surface area contributed by atoms with E-state index in [-0.39, 0.29) is 12.1 Å². The molecule has 0 amide bonds. The highest BCUT2D eigenvalue weighted by molar-refractivity contribution is 5.43. The van der Waals surface area contributed by atoms with Gasteiger partial charge in [-0.05, 0) is 25.2 Å². The van der Waals surface area contributed by atoms with Crippen molar-refractivity contribution >= 4 is 0 Å². The minimum Gasteiger partial charge on any atom is -0.497 e.